The molecule has 5 heteroatoms. The molecular formula is C25H24N2O2S. The maximum absolute atomic E-state index is 12.6. The predicted octanol–water partition coefficient (Wildman–Crippen LogP) is 6.70. The van der Waals surface area contributed by atoms with Crippen LogP contribution >= 0.6 is 11.3 Å². The first-order valence-electron chi connectivity index (χ1n) is 10.1. The number of benzene rings is 3. The summed E-state index contributed by atoms with van der Waals surface area (Å²) in [7, 11) is 0. The molecular weight excluding hydrogens is 392 g/mol. The highest BCUT2D eigenvalue weighted by Gasteiger charge is 2.10. The number of carbonyl (C=O) groups is 1. The van der Waals surface area contributed by atoms with E-state index in [9.17, 15) is 4.79 Å². The van der Waals surface area contributed by atoms with Crippen LogP contribution in [0.3, 0.4) is 0 Å². The summed E-state index contributed by atoms with van der Waals surface area (Å²) in [5.74, 6) is 0.566. The predicted molar refractivity (Wildman–Crippen MR) is 125 cm³/mol. The lowest BCUT2D eigenvalue weighted by Gasteiger charge is -2.09. The van der Waals surface area contributed by atoms with Crippen molar-refractivity contribution in [2.24, 2.45) is 0 Å². The zero-order valence-corrected chi connectivity index (χ0v) is 18.0. The third-order valence-electron chi connectivity index (χ3n) is 4.80. The number of hydrogen-bond donors (Lipinski definition) is 1. The summed E-state index contributed by atoms with van der Waals surface area (Å²) in [6.45, 7) is 4.87. The van der Waals surface area contributed by atoms with E-state index in [4.69, 9.17) is 9.72 Å². The van der Waals surface area contributed by atoms with Crippen molar-refractivity contribution in [1.29, 1.82) is 0 Å². The molecule has 0 unspecified atom stereocenters. The molecule has 0 fully saturated rings. The fourth-order valence-corrected chi connectivity index (χ4v) is 4.19. The zero-order chi connectivity index (χ0) is 20.9. The zero-order valence-electron chi connectivity index (χ0n) is 17.1. The molecule has 4 rings (SSSR count). The minimum absolute atomic E-state index is 0.154. The van der Waals surface area contributed by atoms with E-state index in [0.717, 1.165) is 40.4 Å². The number of amides is 1. The summed E-state index contributed by atoms with van der Waals surface area (Å²) in [6, 6.07) is 21.4. The Kier molecular flexibility index (Phi) is 6.10. The molecule has 0 bridgehead atoms. The number of aromatic nitrogens is 1. The van der Waals surface area contributed by atoms with Gasteiger partial charge in [0.1, 0.15) is 10.8 Å². The molecule has 0 aliphatic heterocycles. The largest absolute Gasteiger partial charge is 0.494 e. The quantitative estimate of drug-likeness (QED) is 0.341. The van der Waals surface area contributed by atoms with Gasteiger partial charge >= 0.3 is 0 Å². The van der Waals surface area contributed by atoms with Gasteiger partial charge in [0.05, 0.1) is 16.8 Å². The molecule has 1 amide bonds. The highest BCUT2D eigenvalue weighted by molar-refractivity contribution is 7.21. The third kappa shape index (κ3) is 4.69. The van der Waals surface area contributed by atoms with Crippen molar-refractivity contribution in [2.75, 3.05) is 11.9 Å². The van der Waals surface area contributed by atoms with Crippen molar-refractivity contribution in [3.63, 3.8) is 0 Å². The number of ether oxygens (including phenoxy) is 1. The molecule has 4 aromatic rings. The Balaban J connectivity index is 1.45. The Hall–Kier alpha value is -3.18. The Labute approximate surface area is 180 Å². The van der Waals surface area contributed by atoms with Gasteiger partial charge in [-0.1, -0.05) is 25.5 Å². The SMILES string of the molecule is CCCCOc1cccc(C(=O)Nc2ccc(-c3nc4ccc(C)cc4s3)cc2)c1. The second-order valence-corrected chi connectivity index (χ2v) is 8.28. The second-order valence-electron chi connectivity index (χ2n) is 7.25. The maximum Gasteiger partial charge on any atom is 0.255 e. The van der Waals surface area contributed by atoms with Gasteiger partial charge in [-0.25, -0.2) is 4.98 Å². The van der Waals surface area contributed by atoms with Gasteiger partial charge in [0, 0.05) is 16.8 Å². The van der Waals surface area contributed by atoms with Gasteiger partial charge in [0.2, 0.25) is 0 Å². The second kappa shape index (κ2) is 9.09. The molecule has 0 spiro atoms. The number of carbonyl (C=O) groups excluding carboxylic acids is 1. The smallest absolute Gasteiger partial charge is 0.255 e. The first-order valence-corrected chi connectivity index (χ1v) is 11.0. The molecule has 1 N–H and O–H groups in total. The van der Waals surface area contributed by atoms with Crippen molar-refractivity contribution in [3.05, 3.63) is 77.9 Å². The Morgan fingerprint density at radius 2 is 1.90 bits per heavy atom. The molecule has 0 aliphatic carbocycles. The van der Waals surface area contributed by atoms with Crippen LogP contribution in [0.2, 0.25) is 0 Å². The van der Waals surface area contributed by atoms with Crippen molar-refractivity contribution < 1.29 is 9.53 Å². The monoisotopic (exact) mass is 416 g/mol. The van der Waals surface area contributed by atoms with Crippen LogP contribution in [0.4, 0.5) is 5.69 Å². The Morgan fingerprint density at radius 3 is 2.70 bits per heavy atom. The number of rotatable bonds is 7. The Bertz CT molecular complexity index is 1170. The minimum atomic E-state index is -0.154. The first-order chi connectivity index (χ1) is 14.6. The van der Waals surface area contributed by atoms with Gasteiger partial charge < -0.3 is 10.1 Å². The van der Waals surface area contributed by atoms with Gasteiger partial charge in [-0.3, -0.25) is 4.79 Å². The van der Waals surface area contributed by atoms with E-state index >= 15 is 0 Å². The van der Waals surface area contributed by atoms with Gasteiger partial charge in [-0.05, 0) is 73.5 Å². The number of nitrogens with zero attached hydrogens (tertiary/aromatic N) is 1. The van der Waals surface area contributed by atoms with E-state index in [1.807, 2.05) is 36.4 Å². The van der Waals surface area contributed by atoms with E-state index in [-0.39, 0.29) is 5.91 Å². The molecule has 30 heavy (non-hydrogen) atoms. The number of aryl methyl sites for hydroxylation is 1. The number of nitrogens with one attached hydrogen (secondary N) is 1. The standard InChI is InChI=1S/C25H24N2O2S/c1-3-4-14-29-21-7-5-6-19(16-21)24(28)26-20-11-9-18(10-12-20)25-27-22-13-8-17(2)15-23(22)30-25/h5-13,15-16H,3-4,14H2,1-2H3,(H,26,28). The lowest BCUT2D eigenvalue weighted by Crippen LogP contribution is -2.12. The average molecular weight is 417 g/mol. The molecule has 152 valence electrons. The van der Waals surface area contributed by atoms with Gasteiger partial charge in [-0.15, -0.1) is 11.3 Å². The molecule has 1 heterocycles. The van der Waals surface area contributed by atoms with Gasteiger partial charge in [0.25, 0.3) is 5.91 Å². The minimum Gasteiger partial charge on any atom is -0.494 e. The van der Waals surface area contributed by atoms with E-state index in [1.54, 1.807) is 23.5 Å². The molecule has 0 saturated carbocycles. The summed E-state index contributed by atoms with van der Waals surface area (Å²) >= 11 is 1.68. The van der Waals surface area contributed by atoms with Crippen LogP contribution in [0.25, 0.3) is 20.8 Å². The molecule has 0 aliphatic rings. The summed E-state index contributed by atoms with van der Waals surface area (Å²) < 4.78 is 6.88. The van der Waals surface area contributed by atoms with Crippen LogP contribution in [0.1, 0.15) is 35.7 Å². The van der Waals surface area contributed by atoms with Crippen molar-refractivity contribution >= 4 is 33.1 Å². The van der Waals surface area contributed by atoms with Crippen LogP contribution in [-0.2, 0) is 0 Å². The molecule has 4 nitrogen and oxygen atoms in total. The Morgan fingerprint density at radius 1 is 1.07 bits per heavy atom. The summed E-state index contributed by atoms with van der Waals surface area (Å²) in [4.78, 5) is 17.3. The maximum atomic E-state index is 12.6. The van der Waals surface area contributed by atoms with Crippen LogP contribution in [0.15, 0.2) is 66.7 Å². The van der Waals surface area contributed by atoms with Crippen molar-refractivity contribution in [3.8, 4) is 16.3 Å². The molecule has 0 radical (unpaired) electrons. The normalized spacial score (nSPS) is 10.9. The third-order valence-corrected chi connectivity index (χ3v) is 5.86. The number of fused-ring (bicyclic) bond motifs is 1. The van der Waals surface area contributed by atoms with Gasteiger partial charge in [-0.2, -0.15) is 0 Å². The lowest BCUT2D eigenvalue weighted by atomic mass is 10.1. The highest BCUT2D eigenvalue weighted by Crippen LogP contribution is 2.31. The molecule has 0 saturated heterocycles. The van der Waals surface area contributed by atoms with Crippen molar-refractivity contribution in [1.82, 2.24) is 4.98 Å². The molecule has 3 aromatic carbocycles. The van der Waals surface area contributed by atoms with Crippen molar-refractivity contribution in [2.45, 2.75) is 26.7 Å². The number of unbranched alkanes of at least 4 members (excludes halogenated alkanes) is 1. The van der Waals surface area contributed by atoms with E-state index < -0.39 is 0 Å². The number of hydrogen-bond acceptors (Lipinski definition) is 4. The highest BCUT2D eigenvalue weighted by atomic mass is 32.1. The first kappa shape index (κ1) is 20.1. The summed E-state index contributed by atoms with van der Waals surface area (Å²) in [6.07, 6.45) is 2.07. The van der Waals surface area contributed by atoms with Crippen LogP contribution < -0.4 is 10.1 Å². The fraction of sp³-hybridized carbons (Fsp3) is 0.200. The number of anilines is 1. The topological polar surface area (TPSA) is 51.2 Å². The van der Waals surface area contributed by atoms with Crippen LogP contribution in [-0.4, -0.2) is 17.5 Å². The van der Waals surface area contributed by atoms with E-state index in [1.165, 1.54) is 10.3 Å². The fourth-order valence-electron chi connectivity index (χ4n) is 3.12. The molecule has 1 aromatic heterocycles. The summed E-state index contributed by atoms with van der Waals surface area (Å²) in [5, 5.41) is 3.93. The van der Waals surface area contributed by atoms with Crippen LogP contribution in [0, 0.1) is 6.92 Å². The number of thiazole rings is 1. The average Bonchev–Trinajstić information content (AvgIpc) is 3.18. The van der Waals surface area contributed by atoms with E-state index in [2.05, 4.69) is 37.4 Å². The lowest BCUT2D eigenvalue weighted by molar-refractivity contribution is 0.102. The van der Waals surface area contributed by atoms with E-state index in [0.29, 0.717) is 12.2 Å². The van der Waals surface area contributed by atoms with Crippen LogP contribution in [0.5, 0.6) is 5.75 Å². The van der Waals surface area contributed by atoms with Gasteiger partial charge in [0.15, 0.2) is 0 Å². The summed E-state index contributed by atoms with van der Waals surface area (Å²) in [5.41, 5.74) is 4.61. The molecule has 0 atom stereocenters.